The number of rotatable bonds is 5. The zero-order valence-electron chi connectivity index (χ0n) is 14.0. The third kappa shape index (κ3) is 3.06. The number of aromatic carboxylic acids is 1. The molecule has 1 N–H and O–H groups in total. The maximum atomic E-state index is 11.6. The van der Waals surface area contributed by atoms with Gasteiger partial charge in [0, 0.05) is 12.6 Å². The Kier molecular flexibility index (Phi) is 4.69. The maximum Gasteiger partial charge on any atom is 0.360 e. The number of hydrogen-bond donors (Lipinski definition) is 1. The normalized spacial score (nSPS) is 17.8. The van der Waals surface area contributed by atoms with E-state index in [1.54, 1.807) is 19.2 Å². The maximum absolute atomic E-state index is 11.6. The zero-order chi connectivity index (χ0) is 17.1. The monoisotopic (exact) mass is 330 g/mol. The van der Waals surface area contributed by atoms with Crippen LogP contribution >= 0.6 is 0 Å². The summed E-state index contributed by atoms with van der Waals surface area (Å²) in [6, 6.07) is 7.53. The molecule has 1 aromatic carbocycles. The van der Waals surface area contributed by atoms with Gasteiger partial charge in [0.2, 0.25) is 5.69 Å². The number of benzene rings is 1. The van der Waals surface area contributed by atoms with Gasteiger partial charge in [-0.05, 0) is 49.9 Å². The lowest BCUT2D eigenvalue weighted by molar-refractivity contribution is 0.0690. The first kappa shape index (κ1) is 16.3. The first-order valence-corrected chi connectivity index (χ1v) is 8.25. The molecule has 7 nitrogen and oxygen atoms in total. The molecule has 2 heterocycles. The van der Waals surface area contributed by atoms with Crippen molar-refractivity contribution in [3.05, 3.63) is 30.0 Å². The van der Waals surface area contributed by atoms with Crippen molar-refractivity contribution in [2.24, 2.45) is 0 Å². The molecule has 1 atom stereocenters. The Morgan fingerprint density at radius 3 is 2.67 bits per heavy atom. The van der Waals surface area contributed by atoms with Crippen LogP contribution in [0.2, 0.25) is 0 Å². The summed E-state index contributed by atoms with van der Waals surface area (Å²) < 4.78 is 5.14. The highest BCUT2D eigenvalue weighted by Gasteiger charge is 2.29. The molecule has 0 amide bonds. The summed E-state index contributed by atoms with van der Waals surface area (Å²) in [5, 5.41) is 18.2. The van der Waals surface area contributed by atoms with Crippen LogP contribution in [-0.2, 0) is 0 Å². The number of aromatic nitrogens is 3. The van der Waals surface area contributed by atoms with Crippen molar-refractivity contribution in [1.82, 2.24) is 15.0 Å². The molecule has 0 bridgehead atoms. The van der Waals surface area contributed by atoms with E-state index in [0.29, 0.717) is 17.5 Å². The lowest BCUT2D eigenvalue weighted by atomic mass is 10.00. The van der Waals surface area contributed by atoms with Crippen LogP contribution in [-0.4, -0.2) is 45.8 Å². The molecule has 0 aliphatic carbocycles. The van der Waals surface area contributed by atoms with Crippen LogP contribution < -0.4 is 9.64 Å². The second-order valence-corrected chi connectivity index (χ2v) is 5.92. The standard InChI is InChI=1S/C17H22N4O3/c1-3-12-6-4-5-11-20(12)16-15(17(22)23)18-21(19-16)13-7-9-14(24-2)10-8-13/h7-10,12H,3-6,11H2,1-2H3,(H,22,23). The molecule has 0 radical (unpaired) electrons. The molecule has 1 aliphatic rings. The van der Waals surface area contributed by atoms with Crippen molar-refractivity contribution < 1.29 is 14.6 Å². The molecule has 128 valence electrons. The number of anilines is 1. The molecule has 7 heteroatoms. The largest absolute Gasteiger partial charge is 0.497 e. The van der Waals surface area contributed by atoms with E-state index in [4.69, 9.17) is 4.74 Å². The SMILES string of the molecule is CCC1CCCCN1c1nn(-c2ccc(OC)cc2)nc1C(=O)O. The number of carboxylic acid groups (broad SMARTS) is 1. The molecule has 24 heavy (non-hydrogen) atoms. The molecule has 2 aromatic rings. The van der Waals surface area contributed by atoms with Gasteiger partial charge in [0.1, 0.15) is 5.75 Å². The van der Waals surface area contributed by atoms with Crippen LogP contribution in [0.25, 0.3) is 5.69 Å². The Labute approximate surface area is 140 Å². The number of methoxy groups -OCH3 is 1. The minimum atomic E-state index is -1.05. The van der Waals surface area contributed by atoms with Crippen molar-refractivity contribution in [2.45, 2.75) is 38.6 Å². The first-order valence-electron chi connectivity index (χ1n) is 8.25. The lowest BCUT2D eigenvalue weighted by Crippen LogP contribution is -2.40. The van der Waals surface area contributed by atoms with Crippen molar-refractivity contribution in [3.63, 3.8) is 0 Å². The average Bonchev–Trinajstić information content (AvgIpc) is 3.07. The van der Waals surface area contributed by atoms with Crippen LogP contribution in [0.3, 0.4) is 0 Å². The van der Waals surface area contributed by atoms with Crippen LogP contribution in [0, 0.1) is 0 Å². The summed E-state index contributed by atoms with van der Waals surface area (Å²) in [5.74, 6) is 0.140. The van der Waals surface area contributed by atoms with E-state index in [0.717, 1.165) is 31.6 Å². The summed E-state index contributed by atoms with van der Waals surface area (Å²) in [5.41, 5.74) is 0.709. The van der Waals surface area contributed by atoms with E-state index in [9.17, 15) is 9.90 Å². The van der Waals surface area contributed by atoms with E-state index >= 15 is 0 Å². The third-order valence-electron chi connectivity index (χ3n) is 4.47. The van der Waals surface area contributed by atoms with Gasteiger partial charge in [0.15, 0.2) is 5.82 Å². The van der Waals surface area contributed by atoms with Crippen molar-refractivity contribution in [1.29, 1.82) is 0 Å². The summed E-state index contributed by atoms with van der Waals surface area (Å²) in [6.07, 6.45) is 4.24. The molecule has 3 rings (SSSR count). The van der Waals surface area contributed by atoms with Gasteiger partial charge in [-0.15, -0.1) is 15.0 Å². The van der Waals surface area contributed by atoms with Crippen LogP contribution in [0.15, 0.2) is 24.3 Å². The van der Waals surface area contributed by atoms with Gasteiger partial charge < -0.3 is 14.7 Å². The summed E-state index contributed by atoms with van der Waals surface area (Å²) >= 11 is 0. The summed E-state index contributed by atoms with van der Waals surface area (Å²) in [6.45, 7) is 2.94. The number of carboxylic acids is 1. The quantitative estimate of drug-likeness (QED) is 0.908. The number of hydrogen-bond acceptors (Lipinski definition) is 5. The van der Waals surface area contributed by atoms with Gasteiger partial charge in [-0.25, -0.2) is 4.79 Å². The fourth-order valence-corrected chi connectivity index (χ4v) is 3.17. The van der Waals surface area contributed by atoms with Gasteiger partial charge in [-0.2, -0.15) is 0 Å². The van der Waals surface area contributed by atoms with E-state index in [2.05, 4.69) is 22.0 Å². The third-order valence-corrected chi connectivity index (χ3v) is 4.47. The van der Waals surface area contributed by atoms with E-state index in [1.165, 1.54) is 11.2 Å². The molecule has 1 unspecified atom stereocenters. The average molecular weight is 330 g/mol. The van der Waals surface area contributed by atoms with E-state index in [1.807, 2.05) is 12.1 Å². The molecule has 1 fully saturated rings. The van der Waals surface area contributed by atoms with Crippen molar-refractivity contribution in [3.8, 4) is 11.4 Å². The predicted octanol–water partition coefficient (Wildman–Crippen LogP) is 2.74. The van der Waals surface area contributed by atoms with E-state index in [-0.39, 0.29) is 5.69 Å². The van der Waals surface area contributed by atoms with Crippen molar-refractivity contribution in [2.75, 3.05) is 18.6 Å². The van der Waals surface area contributed by atoms with Gasteiger partial charge >= 0.3 is 5.97 Å². The zero-order valence-corrected chi connectivity index (χ0v) is 14.0. The molecular formula is C17H22N4O3. The molecule has 0 spiro atoms. The molecular weight excluding hydrogens is 308 g/mol. The van der Waals surface area contributed by atoms with Gasteiger partial charge in [-0.3, -0.25) is 0 Å². The Morgan fingerprint density at radius 2 is 2.04 bits per heavy atom. The number of piperidine rings is 1. The molecule has 1 saturated heterocycles. The summed E-state index contributed by atoms with van der Waals surface area (Å²) in [7, 11) is 1.60. The number of carbonyl (C=O) groups is 1. The second-order valence-electron chi connectivity index (χ2n) is 5.92. The highest BCUT2D eigenvalue weighted by molar-refractivity contribution is 5.91. The molecule has 0 saturated carbocycles. The van der Waals surface area contributed by atoms with Gasteiger partial charge in [0.25, 0.3) is 0 Å². The Balaban J connectivity index is 1.99. The highest BCUT2D eigenvalue weighted by atomic mass is 16.5. The lowest BCUT2D eigenvalue weighted by Gasteiger charge is -2.35. The smallest absolute Gasteiger partial charge is 0.360 e. The fraction of sp³-hybridized carbons (Fsp3) is 0.471. The van der Waals surface area contributed by atoms with E-state index < -0.39 is 5.97 Å². The first-order chi connectivity index (χ1) is 11.6. The van der Waals surface area contributed by atoms with Crippen LogP contribution in [0.4, 0.5) is 5.82 Å². The van der Waals surface area contributed by atoms with Gasteiger partial charge in [-0.1, -0.05) is 6.92 Å². The molecule has 1 aromatic heterocycles. The predicted molar refractivity (Wildman–Crippen MR) is 90.1 cm³/mol. The van der Waals surface area contributed by atoms with Gasteiger partial charge in [0.05, 0.1) is 12.8 Å². The topological polar surface area (TPSA) is 80.5 Å². The summed E-state index contributed by atoms with van der Waals surface area (Å²) in [4.78, 5) is 15.1. The Bertz CT molecular complexity index is 711. The van der Waals surface area contributed by atoms with Crippen molar-refractivity contribution >= 4 is 11.8 Å². The Hall–Kier alpha value is -2.57. The second kappa shape index (κ2) is 6.90. The molecule has 1 aliphatic heterocycles. The van der Waals surface area contributed by atoms with Crippen LogP contribution in [0.5, 0.6) is 5.75 Å². The number of nitrogens with zero attached hydrogens (tertiary/aromatic N) is 4. The minimum absolute atomic E-state index is 0.00571. The number of ether oxygens (including phenoxy) is 1. The van der Waals surface area contributed by atoms with Crippen LogP contribution in [0.1, 0.15) is 43.1 Å². The Morgan fingerprint density at radius 1 is 1.29 bits per heavy atom. The fourth-order valence-electron chi connectivity index (χ4n) is 3.17. The highest BCUT2D eigenvalue weighted by Crippen LogP contribution is 2.28. The minimum Gasteiger partial charge on any atom is -0.497 e.